The number of rotatable bonds is 7. The summed E-state index contributed by atoms with van der Waals surface area (Å²) < 4.78 is 12.1. The highest BCUT2D eigenvalue weighted by Crippen LogP contribution is 1.93. The second-order valence-electron chi connectivity index (χ2n) is 3.44. The molecule has 0 aliphatic carbocycles. The Hall–Kier alpha value is -0.910. The molecule has 1 N–H and O–H groups in total. The van der Waals surface area contributed by atoms with Crippen LogP contribution in [0.1, 0.15) is 6.92 Å². The quantitative estimate of drug-likeness (QED) is 0.669. The van der Waals surface area contributed by atoms with Crippen LogP contribution in [0.15, 0.2) is 18.5 Å². The third-order valence-electron chi connectivity index (χ3n) is 2.18. The van der Waals surface area contributed by atoms with Crippen molar-refractivity contribution >= 4 is 0 Å². The van der Waals surface area contributed by atoms with Crippen LogP contribution >= 0.6 is 0 Å². The number of hydrogen-bond donors (Lipinski definition) is 1. The lowest BCUT2D eigenvalue weighted by Crippen LogP contribution is -2.37. The molecule has 1 aromatic rings. The number of ether oxygens (including phenoxy) is 2. The van der Waals surface area contributed by atoms with Crippen molar-refractivity contribution in [3.63, 3.8) is 0 Å². The Balaban J connectivity index is 2.21. The molecule has 0 aliphatic heterocycles. The average Bonchev–Trinajstić information content (AvgIpc) is 2.72. The number of aromatic nitrogens is 2. The van der Waals surface area contributed by atoms with Gasteiger partial charge in [0.05, 0.1) is 6.54 Å². The zero-order valence-corrected chi connectivity index (χ0v) is 9.51. The van der Waals surface area contributed by atoms with E-state index in [9.17, 15) is 0 Å². The summed E-state index contributed by atoms with van der Waals surface area (Å²) in [6, 6.07) is 2.25. The molecule has 0 aromatic carbocycles. The van der Waals surface area contributed by atoms with Crippen molar-refractivity contribution in [2.45, 2.75) is 25.8 Å². The molecule has 0 saturated heterocycles. The van der Waals surface area contributed by atoms with Crippen LogP contribution in [0.4, 0.5) is 0 Å². The van der Waals surface area contributed by atoms with Gasteiger partial charge in [0.2, 0.25) is 0 Å². The summed E-state index contributed by atoms with van der Waals surface area (Å²) >= 11 is 0. The van der Waals surface area contributed by atoms with Crippen LogP contribution in [-0.4, -0.2) is 42.9 Å². The molecule has 0 saturated carbocycles. The summed E-state index contributed by atoms with van der Waals surface area (Å²) in [6.45, 7) is 3.62. The second kappa shape index (κ2) is 6.55. The number of hydrogen-bond acceptors (Lipinski definition) is 4. The molecule has 1 rings (SSSR count). The lowest BCUT2D eigenvalue weighted by atomic mass is 10.3. The average molecular weight is 213 g/mol. The highest BCUT2D eigenvalue weighted by Gasteiger charge is 2.07. The van der Waals surface area contributed by atoms with Gasteiger partial charge in [0.15, 0.2) is 6.29 Å². The van der Waals surface area contributed by atoms with Crippen molar-refractivity contribution in [1.82, 2.24) is 15.1 Å². The second-order valence-corrected chi connectivity index (χ2v) is 3.44. The monoisotopic (exact) mass is 213 g/mol. The van der Waals surface area contributed by atoms with Gasteiger partial charge in [0.1, 0.15) is 0 Å². The fourth-order valence-electron chi connectivity index (χ4n) is 1.31. The molecule has 86 valence electrons. The van der Waals surface area contributed by atoms with Gasteiger partial charge in [-0.25, -0.2) is 0 Å². The van der Waals surface area contributed by atoms with Crippen molar-refractivity contribution in [2.24, 2.45) is 0 Å². The van der Waals surface area contributed by atoms with Crippen LogP contribution in [-0.2, 0) is 16.0 Å². The minimum atomic E-state index is -0.190. The summed E-state index contributed by atoms with van der Waals surface area (Å²) in [4.78, 5) is 0. The van der Waals surface area contributed by atoms with Gasteiger partial charge < -0.3 is 14.8 Å². The number of methoxy groups -OCH3 is 2. The molecule has 0 aliphatic rings. The van der Waals surface area contributed by atoms with Gasteiger partial charge in [-0.15, -0.1) is 0 Å². The van der Waals surface area contributed by atoms with Crippen LogP contribution in [0.5, 0.6) is 0 Å². The molecule has 1 atom stereocenters. The standard InChI is InChI=1S/C10H19N3O2/c1-9(8-13-6-4-5-12-13)11-7-10(14-2)15-3/h4-6,9-11H,7-8H2,1-3H3. The Morgan fingerprint density at radius 3 is 2.67 bits per heavy atom. The van der Waals surface area contributed by atoms with E-state index >= 15 is 0 Å². The smallest absolute Gasteiger partial charge is 0.169 e. The molecule has 15 heavy (non-hydrogen) atoms. The highest BCUT2D eigenvalue weighted by molar-refractivity contribution is 4.79. The van der Waals surface area contributed by atoms with Gasteiger partial charge in [-0.1, -0.05) is 0 Å². The van der Waals surface area contributed by atoms with E-state index in [2.05, 4.69) is 17.3 Å². The fraction of sp³-hybridized carbons (Fsp3) is 0.700. The predicted octanol–water partition coefficient (Wildman–Crippen LogP) is 0.480. The first kappa shape index (κ1) is 12.2. The Morgan fingerprint density at radius 1 is 1.40 bits per heavy atom. The van der Waals surface area contributed by atoms with Crippen molar-refractivity contribution in [1.29, 1.82) is 0 Å². The topological polar surface area (TPSA) is 48.3 Å². The zero-order valence-electron chi connectivity index (χ0n) is 9.51. The molecule has 1 aromatic heterocycles. The third kappa shape index (κ3) is 4.42. The normalized spacial score (nSPS) is 13.3. The molecule has 5 heteroatoms. The van der Waals surface area contributed by atoms with E-state index in [1.807, 2.05) is 16.9 Å². The van der Waals surface area contributed by atoms with E-state index in [4.69, 9.17) is 9.47 Å². The molecule has 0 spiro atoms. The molecular weight excluding hydrogens is 194 g/mol. The summed E-state index contributed by atoms with van der Waals surface area (Å²) in [5.41, 5.74) is 0. The van der Waals surface area contributed by atoms with Crippen molar-refractivity contribution < 1.29 is 9.47 Å². The molecule has 0 amide bonds. The maximum atomic E-state index is 5.08. The lowest BCUT2D eigenvalue weighted by molar-refractivity contribution is -0.0998. The highest BCUT2D eigenvalue weighted by atomic mass is 16.7. The van der Waals surface area contributed by atoms with Crippen molar-refractivity contribution in [2.75, 3.05) is 20.8 Å². The van der Waals surface area contributed by atoms with Gasteiger partial charge in [-0.2, -0.15) is 5.10 Å². The summed E-state index contributed by atoms with van der Waals surface area (Å²) in [5.74, 6) is 0. The predicted molar refractivity (Wildman–Crippen MR) is 57.5 cm³/mol. The van der Waals surface area contributed by atoms with Crippen molar-refractivity contribution in [3.05, 3.63) is 18.5 Å². The van der Waals surface area contributed by atoms with Crippen LogP contribution in [0.3, 0.4) is 0 Å². The molecule has 0 radical (unpaired) electrons. The van der Waals surface area contributed by atoms with E-state index in [0.717, 1.165) is 6.54 Å². The minimum Gasteiger partial charge on any atom is -0.355 e. The molecule has 1 unspecified atom stereocenters. The maximum absolute atomic E-state index is 5.08. The van der Waals surface area contributed by atoms with E-state index in [1.165, 1.54) is 0 Å². The Morgan fingerprint density at radius 2 is 2.13 bits per heavy atom. The van der Waals surface area contributed by atoms with E-state index in [1.54, 1.807) is 20.4 Å². The summed E-state index contributed by atoms with van der Waals surface area (Å²) in [5, 5.41) is 7.45. The third-order valence-corrected chi connectivity index (χ3v) is 2.18. The molecule has 1 heterocycles. The molecule has 5 nitrogen and oxygen atoms in total. The minimum absolute atomic E-state index is 0.190. The summed E-state index contributed by atoms with van der Waals surface area (Å²) in [7, 11) is 3.27. The van der Waals surface area contributed by atoms with E-state index in [0.29, 0.717) is 12.6 Å². The van der Waals surface area contributed by atoms with Gasteiger partial charge in [0.25, 0.3) is 0 Å². The first-order chi connectivity index (χ1) is 7.26. The molecule has 0 bridgehead atoms. The van der Waals surface area contributed by atoms with Crippen LogP contribution in [0.2, 0.25) is 0 Å². The van der Waals surface area contributed by atoms with Crippen LogP contribution in [0.25, 0.3) is 0 Å². The number of nitrogens with zero attached hydrogens (tertiary/aromatic N) is 2. The van der Waals surface area contributed by atoms with Gasteiger partial charge in [-0.05, 0) is 13.0 Å². The Bertz CT molecular complexity index is 247. The van der Waals surface area contributed by atoms with Gasteiger partial charge in [0, 0.05) is 39.2 Å². The van der Waals surface area contributed by atoms with E-state index in [-0.39, 0.29) is 6.29 Å². The van der Waals surface area contributed by atoms with Gasteiger partial charge in [-0.3, -0.25) is 4.68 Å². The summed E-state index contributed by atoms with van der Waals surface area (Å²) in [6.07, 6.45) is 3.53. The Kier molecular flexibility index (Phi) is 5.31. The first-order valence-corrected chi connectivity index (χ1v) is 5.02. The largest absolute Gasteiger partial charge is 0.355 e. The zero-order chi connectivity index (χ0) is 11.1. The lowest BCUT2D eigenvalue weighted by Gasteiger charge is -2.18. The van der Waals surface area contributed by atoms with Gasteiger partial charge >= 0.3 is 0 Å². The van der Waals surface area contributed by atoms with Crippen molar-refractivity contribution in [3.8, 4) is 0 Å². The molecule has 0 fully saturated rings. The maximum Gasteiger partial charge on any atom is 0.169 e. The van der Waals surface area contributed by atoms with Crippen LogP contribution < -0.4 is 5.32 Å². The fourth-order valence-corrected chi connectivity index (χ4v) is 1.31. The van der Waals surface area contributed by atoms with Crippen LogP contribution in [0, 0.1) is 0 Å². The molecular formula is C10H19N3O2. The Labute approximate surface area is 90.4 Å². The number of nitrogens with one attached hydrogen (secondary N) is 1. The first-order valence-electron chi connectivity index (χ1n) is 5.02. The van der Waals surface area contributed by atoms with E-state index < -0.39 is 0 Å². The SMILES string of the molecule is COC(CNC(C)Cn1cccn1)OC.